The van der Waals surface area contributed by atoms with E-state index in [2.05, 4.69) is 46.6 Å². The van der Waals surface area contributed by atoms with E-state index in [4.69, 9.17) is 4.74 Å². The van der Waals surface area contributed by atoms with Gasteiger partial charge in [-0.1, -0.05) is 41.6 Å². The number of hydrogen-bond donors (Lipinski definition) is 0. The lowest BCUT2D eigenvalue weighted by molar-refractivity contribution is 0.301. The van der Waals surface area contributed by atoms with Crippen LogP contribution in [0.2, 0.25) is 19.6 Å². The van der Waals surface area contributed by atoms with Crippen molar-refractivity contribution in [3.05, 3.63) is 36.2 Å². The maximum atomic E-state index is 5.77. The average molecular weight is 298 g/mol. The van der Waals surface area contributed by atoms with Gasteiger partial charge in [0, 0.05) is 6.20 Å². The Morgan fingerprint density at radius 2 is 2.12 bits per heavy atom. The smallest absolute Gasteiger partial charge is 0.142 e. The van der Waals surface area contributed by atoms with E-state index in [0.29, 0.717) is 6.61 Å². The number of pyridine rings is 1. The van der Waals surface area contributed by atoms with Crippen LogP contribution in [-0.4, -0.2) is 23.6 Å². The van der Waals surface area contributed by atoms with Gasteiger partial charge in [-0.05, 0) is 18.2 Å². The third kappa shape index (κ3) is 2.09. The van der Waals surface area contributed by atoms with Gasteiger partial charge in [0.2, 0.25) is 0 Å². The van der Waals surface area contributed by atoms with Crippen molar-refractivity contribution in [2.24, 2.45) is 0 Å². The monoisotopic (exact) mass is 297 g/mol. The summed E-state index contributed by atoms with van der Waals surface area (Å²) < 4.78 is 5.80. The first-order chi connectivity index (χ1) is 7.42. The standard InChI is InChI=1S/C12H16BrNOSi/c1-16(2,3)12(13)8-11(15-9-12)10-6-4-5-7-14-10/h4-8H,9H2,1-3H3. The Labute approximate surface area is 106 Å². The number of alkyl halides is 1. The first-order valence-corrected chi connectivity index (χ1v) is 9.68. The Morgan fingerprint density at radius 1 is 1.38 bits per heavy atom. The Hall–Kier alpha value is -0.613. The van der Waals surface area contributed by atoms with Crippen LogP contribution in [0.1, 0.15) is 5.69 Å². The minimum Gasteiger partial charge on any atom is -0.490 e. The molecule has 0 saturated carbocycles. The molecule has 0 spiro atoms. The molecule has 86 valence electrons. The lowest BCUT2D eigenvalue weighted by atomic mass is 10.3. The highest BCUT2D eigenvalue weighted by Crippen LogP contribution is 2.40. The van der Waals surface area contributed by atoms with Crippen molar-refractivity contribution in [3.8, 4) is 0 Å². The van der Waals surface area contributed by atoms with E-state index in [9.17, 15) is 0 Å². The molecule has 1 atom stereocenters. The fraction of sp³-hybridized carbons (Fsp3) is 0.417. The highest BCUT2D eigenvalue weighted by molar-refractivity contribution is 9.10. The number of nitrogens with zero attached hydrogens (tertiary/aromatic N) is 1. The van der Waals surface area contributed by atoms with Crippen molar-refractivity contribution in [1.82, 2.24) is 4.98 Å². The van der Waals surface area contributed by atoms with E-state index in [1.54, 1.807) is 6.20 Å². The zero-order chi connectivity index (χ0) is 11.8. The largest absolute Gasteiger partial charge is 0.490 e. The molecule has 16 heavy (non-hydrogen) atoms. The summed E-state index contributed by atoms with van der Waals surface area (Å²) in [7, 11) is -1.34. The first-order valence-electron chi connectivity index (χ1n) is 5.38. The topological polar surface area (TPSA) is 22.1 Å². The number of aromatic nitrogens is 1. The molecule has 0 N–H and O–H groups in total. The third-order valence-corrected chi connectivity index (χ3v) is 9.77. The normalized spacial score (nSPS) is 25.1. The molecule has 0 saturated heterocycles. The van der Waals surface area contributed by atoms with Crippen LogP contribution in [0, 0.1) is 0 Å². The number of rotatable bonds is 2. The molecule has 2 heterocycles. The SMILES string of the molecule is C[Si](C)(C)C1(Br)C=C(c2ccccn2)OC1. The van der Waals surface area contributed by atoms with Gasteiger partial charge in [-0.15, -0.1) is 0 Å². The van der Waals surface area contributed by atoms with Crippen LogP contribution in [0.3, 0.4) is 0 Å². The van der Waals surface area contributed by atoms with Gasteiger partial charge in [0.05, 0.1) is 12.0 Å². The minimum absolute atomic E-state index is 0.0346. The second kappa shape index (κ2) is 4.00. The van der Waals surface area contributed by atoms with Gasteiger partial charge >= 0.3 is 0 Å². The van der Waals surface area contributed by atoms with Gasteiger partial charge in [0.25, 0.3) is 0 Å². The van der Waals surface area contributed by atoms with Crippen LogP contribution >= 0.6 is 15.9 Å². The molecule has 4 heteroatoms. The van der Waals surface area contributed by atoms with E-state index >= 15 is 0 Å². The maximum Gasteiger partial charge on any atom is 0.142 e. The maximum absolute atomic E-state index is 5.77. The molecule has 0 fully saturated rings. The summed E-state index contributed by atoms with van der Waals surface area (Å²) in [5.41, 5.74) is 0.919. The molecule has 0 amide bonds. The van der Waals surface area contributed by atoms with Crippen molar-refractivity contribution >= 4 is 29.8 Å². The summed E-state index contributed by atoms with van der Waals surface area (Å²) in [5.74, 6) is 0.903. The Morgan fingerprint density at radius 3 is 2.62 bits per heavy atom. The lowest BCUT2D eigenvalue weighted by Gasteiger charge is -2.31. The predicted molar refractivity (Wildman–Crippen MR) is 73.2 cm³/mol. The molecule has 1 aliphatic rings. The zero-order valence-corrected chi connectivity index (χ0v) is 12.4. The number of hydrogen-bond acceptors (Lipinski definition) is 2. The van der Waals surface area contributed by atoms with Crippen molar-refractivity contribution in [2.75, 3.05) is 6.61 Å². The summed E-state index contributed by atoms with van der Waals surface area (Å²) in [4.78, 5) is 4.31. The van der Waals surface area contributed by atoms with E-state index in [1.807, 2.05) is 18.2 Å². The highest BCUT2D eigenvalue weighted by Gasteiger charge is 2.44. The van der Waals surface area contributed by atoms with Gasteiger partial charge in [-0.3, -0.25) is 4.98 Å². The molecule has 0 radical (unpaired) electrons. The molecule has 2 nitrogen and oxygen atoms in total. The van der Waals surface area contributed by atoms with Crippen LogP contribution in [0.15, 0.2) is 30.5 Å². The van der Waals surface area contributed by atoms with Crippen LogP contribution < -0.4 is 0 Å². The molecule has 1 aromatic rings. The molecule has 0 aliphatic carbocycles. The Balaban J connectivity index is 2.32. The van der Waals surface area contributed by atoms with Crippen LogP contribution in [-0.2, 0) is 4.74 Å². The minimum atomic E-state index is -1.34. The number of halogens is 1. The molecular weight excluding hydrogens is 282 g/mol. The first kappa shape index (κ1) is 11.9. The fourth-order valence-corrected chi connectivity index (χ4v) is 2.95. The Bertz CT molecular complexity index is 413. The molecule has 0 bridgehead atoms. The molecule has 1 aromatic heterocycles. The fourth-order valence-electron chi connectivity index (χ4n) is 1.56. The van der Waals surface area contributed by atoms with E-state index < -0.39 is 8.07 Å². The second-order valence-electron chi connectivity index (χ2n) is 5.12. The molecule has 1 unspecified atom stereocenters. The molecule has 0 aromatic carbocycles. The van der Waals surface area contributed by atoms with Crippen LogP contribution in [0.25, 0.3) is 5.76 Å². The van der Waals surface area contributed by atoms with E-state index in [1.165, 1.54) is 0 Å². The van der Waals surface area contributed by atoms with Gasteiger partial charge < -0.3 is 4.74 Å². The van der Waals surface area contributed by atoms with Gasteiger partial charge in [-0.25, -0.2) is 0 Å². The summed E-state index contributed by atoms with van der Waals surface area (Å²) in [5, 5.41) is 0. The van der Waals surface area contributed by atoms with E-state index in [0.717, 1.165) is 11.5 Å². The summed E-state index contributed by atoms with van der Waals surface area (Å²) in [6.07, 6.45) is 3.99. The van der Waals surface area contributed by atoms with Crippen LogP contribution in [0.4, 0.5) is 0 Å². The van der Waals surface area contributed by atoms with Gasteiger partial charge in [0.15, 0.2) is 0 Å². The van der Waals surface area contributed by atoms with Crippen molar-refractivity contribution in [2.45, 2.75) is 23.6 Å². The Kier molecular flexibility index (Phi) is 2.97. The highest BCUT2D eigenvalue weighted by atomic mass is 79.9. The van der Waals surface area contributed by atoms with Crippen molar-refractivity contribution < 1.29 is 4.74 Å². The van der Waals surface area contributed by atoms with Gasteiger partial charge in [0.1, 0.15) is 18.1 Å². The molecule has 1 aliphatic heterocycles. The van der Waals surface area contributed by atoms with Crippen LogP contribution in [0.5, 0.6) is 0 Å². The second-order valence-corrected chi connectivity index (χ2v) is 12.7. The summed E-state index contributed by atoms with van der Waals surface area (Å²) >= 11 is 3.84. The predicted octanol–water partition coefficient (Wildman–Crippen LogP) is 3.46. The zero-order valence-electron chi connectivity index (χ0n) is 9.83. The third-order valence-electron chi connectivity index (χ3n) is 2.96. The lowest BCUT2D eigenvalue weighted by Crippen LogP contribution is -2.46. The van der Waals surface area contributed by atoms with E-state index in [-0.39, 0.29) is 3.95 Å². The van der Waals surface area contributed by atoms with Crippen molar-refractivity contribution in [3.63, 3.8) is 0 Å². The number of ether oxygens (including phenoxy) is 1. The van der Waals surface area contributed by atoms with Crippen molar-refractivity contribution in [1.29, 1.82) is 0 Å². The quantitative estimate of drug-likeness (QED) is 0.616. The molecule has 2 rings (SSSR count). The van der Waals surface area contributed by atoms with Gasteiger partial charge in [-0.2, -0.15) is 0 Å². The summed E-state index contributed by atoms with van der Waals surface area (Å²) in [6, 6.07) is 5.88. The summed E-state index contributed by atoms with van der Waals surface area (Å²) in [6.45, 7) is 7.73. The molecular formula is C12H16BrNOSi. The average Bonchev–Trinajstić information content (AvgIpc) is 2.63.